The van der Waals surface area contributed by atoms with Crippen LogP contribution in [0.3, 0.4) is 0 Å². The molecule has 0 saturated heterocycles. The molecule has 0 aromatic heterocycles. The Hall–Kier alpha value is -0.820. The average Bonchev–Trinajstić information content (AvgIpc) is 2.34. The summed E-state index contributed by atoms with van der Waals surface area (Å²) in [7, 11) is 0. The maximum absolute atomic E-state index is 12.1. The van der Waals surface area contributed by atoms with Gasteiger partial charge < -0.3 is 10.4 Å². The van der Waals surface area contributed by atoms with Gasteiger partial charge in [0.25, 0.3) is 5.91 Å². The van der Waals surface area contributed by atoms with Crippen LogP contribution in [0.15, 0.2) is 18.2 Å². The molecule has 0 unspecified atom stereocenters. The molecule has 0 heterocycles. The minimum absolute atomic E-state index is 0.149. The Kier molecular flexibility index (Phi) is 6.06. The first-order chi connectivity index (χ1) is 8.86. The standard InChI is InChI=1S/C13H15ClINO3/c1-3-7(2)11(13(18)19)16-12(17)9-5-4-8(15)6-10(9)14/h4-7,11H,3H2,1-2H3,(H,16,17)(H,18,19)/t7-,11-/m0/s1. The Labute approximate surface area is 130 Å². The third kappa shape index (κ3) is 4.35. The predicted octanol–water partition coefficient (Wildman–Crippen LogP) is 3.17. The van der Waals surface area contributed by atoms with Crippen molar-refractivity contribution in [1.82, 2.24) is 5.32 Å². The van der Waals surface area contributed by atoms with Crippen LogP contribution in [0.25, 0.3) is 0 Å². The molecule has 2 N–H and O–H groups in total. The molecule has 0 radical (unpaired) electrons. The van der Waals surface area contributed by atoms with Gasteiger partial charge in [0.2, 0.25) is 0 Å². The lowest BCUT2D eigenvalue weighted by atomic mass is 9.99. The quantitative estimate of drug-likeness (QED) is 0.753. The highest BCUT2D eigenvalue weighted by Crippen LogP contribution is 2.19. The van der Waals surface area contributed by atoms with Crippen LogP contribution in [0.4, 0.5) is 0 Å². The number of halogens is 2. The topological polar surface area (TPSA) is 66.4 Å². The van der Waals surface area contributed by atoms with E-state index in [9.17, 15) is 9.59 Å². The molecule has 0 fully saturated rings. The number of rotatable bonds is 5. The molecule has 0 saturated carbocycles. The van der Waals surface area contributed by atoms with Gasteiger partial charge >= 0.3 is 5.97 Å². The Bertz CT molecular complexity index is 493. The molecule has 4 nitrogen and oxygen atoms in total. The summed E-state index contributed by atoms with van der Waals surface area (Å²) in [5.74, 6) is -1.65. The van der Waals surface area contributed by atoms with Gasteiger partial charge in [0.05, 0.1) is 10.6 Å². The van der Waals surface area contributed by atoms with Crippen molar-refractivity contribution in [1.29, 1.82) is 0 Å². The van der Waals surface area contributed by atoms with Crippen LogP contribution in [0.1, 0.15) is 30.6 Å². The Morgan fingerprint density at radius 1 is 1.47 bits per heavy atom. The maximum atomic E-state index is 12.1. The van der Waals surface area contributed by atoms with Crippen LogP contribution in [-0.4, -0.2) is 23.0 Å². The zero-order valence-electron chi connectivity index (χ0n) is 10.6. The van der Waals surface area contributed by atoms with Gasteiger partial charge in [-0.25, -0.2) is 4.79 Å². The third-order valence-electron chi connectivity index (χ3n) is 2.94. The van der Waals surface area contributed by atoms with E-state index in [1.807, 2.05) is 6.92 Å². The summed E-state index contributed by atoms with van der Waals surface area (Å²) in [5.41, 5.74) is 0.289. The predicted molar refractivity (Wildman–Crippen MR) is 82.5 cm³/mol. The van der Waals surface area contributed by atoms with Crippen LogP contribution < -0.4 is 5.32 Å². The van der Waals surface area contributed by atoms with Crippen molar-refractivity contribution in [3.8, 4) is 0 Å². The molecule has 2 atom stereocenters. The largest absolute Gasteiger partial charge is 0.480 e. The summed E-state index contributed by atoms with van der Waals surface area (Å²) in [6, 6.07) is 4.10. The summed E-state index contributed by atoms with van der Waals surface area (Å²) in [5, 5.41) is 12.0. The number of hydrogen-bond acceptors (Lipinski definition) is 2. The van der Waals surface area contributed by atoms with Crippen molar-refractivity contribution in [3.05, 3.63) is 32.4 Å². The lowest BCUT2D eigenvalue weighted by molar-refractivity contribution is -0.140. The number of carboxylic acid groups (broad SMARTS) is 1. The first-order valence-electron chi connectivity index (χ1n) is 5.85. The molecule has 0 aliphatic rings. The van der Waals surface area contributed by atoms with E-state index in [2.05, 4.69) is 27.9 Å². The number of aliphatic carboxylic acids is 1. The summed E-state index contributed by atoms with van der Waals surface area (Å²) >= 11 is 8.08. The van der Waals surface area contributed by atoms with Crippen LogP contribution in [-0.2, 0) is 4.79 Å². The number of carboxylic acids is 1. The smallest absolute Gasteiger partial charge is 0.326 e. The van der Waals surface area contributed by atoms with E-state index in [0.29, 0.717) is 11.4 Å². The molecular formula is C13H15ClINO3. The first-order valence-corrected chi connectivity index (χ1v) is 7.31. The van der Waals surface area contributed by atoms with Crippen molar-refractivity contribution < 1.29 is 14.7 Å². The highest BCUT2D eigenvalue weighted by atomic mass is 127. The highest BCUT2D eigenvalue weighted by Gasteiger charge is 2.26. The van der Waals surface area contributed by atoms with E-state index in [1.165, 1.54) is 0 Å². The van der Waals surface area contributed by atoms with Crippen molar-refractivity contribution in [2.45, 2.75) is 26.3 Å². The maximum Gasteiger partial charge on any atom is 0.326 e. The molecule has 0 spiro atoms. The van der Waals surface area contributed by atoms with Gasteiger partial charge in [0.1, 0.15) is 6.04 Å². The van der Waals surface area contributed by atoms with Crippen molar-refractivity contribution >= 4 is 46.1 Å². The highest BCUT2D eigenvalue weighted by molar-refractivity contribution is 14.1. The lowest BCUT2D eigenvalue weighted by Gasteiger charge is -2.20. The van der Waals surface area contributed by atoms with E-state index in [1.54, 1.807) is 25.1 Å². The number of nitrogens with one attached hydrogen (secondary N) is 1. The average molecular weight is 396 g/mol. The van der Waals surface area contributed by atoms with Crippen LogP contribution in [0, 0.1) is 9.49 Å². The van der Waals surface area contributed by atoms with Crippen molar-refractivity contribution in [2.24, 2.45) is 5.92 Å². The summed E-state index contributed by atoms with van der Waals surface area (Å²) in [4.78, 5) is 23.2. The van der Waals surface area contributed by atoms with Gasteiger partial charge in [-0.1, -0.05) is 31.9 Å². The summed E-state index contributed by atoms with van der Waals surface area (Å²) < 4.78 is 0.913. The van der Waals surface area contributed by atoms with Crippen LogP contribution >= 0.6 is 34.2 Å². The molecule has 6 heteroatoms. The molecule has 1 amide bonds. The minimum atomic E-state index is -1.04. The molecule has 1 aromatic carbocycles. The van der Waals surface area contributed by atoms with Crippen LogP contribution in [0.5, 0.6) is 0 Å². The molecule has 0 aliphatic carbocycles. The van der Waals surface area contributed by atoms with Gasteiger partial charge in [-0.05, 0) is 46.7 Å². The normalized spacial score (nSPS) is 13.7. The molecular weight excluding hydrogens is 381 g/mol. The first kappa shape index (κ1) is 16.2. The van der Waals surface area contributed by atoms with Gasteiger partial charge in [0, 0.05) is 3.57 Å². The van der Waals surface area contributed by atoms with Gasteiger partial charge in [-0.15, -0.1) is 0 Å². The zero-order valence-corrected chi connectivity index (χ0v) is 13.5. The number of amides is 1. The fraction of sp³-hybridized carbons (Fsp3) is 0.385. The number of carbonyl (C=O) groups is 2. The summed E-state index contributed by atoms with van der Waals surface area (Å²) in [6.45, 7) is 3.67. The minimum Gasteiger partial charge on any atom is -0.480 e. The lowest BCUT2D eigenvalue weighted by Crippen LogP contribution is -2.45. The van der Waals surface area contributed by atoms with Crippen molar-refractivity contribution in [3.63, 3.8) is 0 Å². The zero-order chi connectivity index (χ0) is 14.6. The second-order valence-electron chi connectivity index (χ2n) is 4.30. The van der Waals surface area contributed by atoms with Crippen LogP contribution in [0.2, 0.25) is 5.02 Å². The Morgan fingerprint density at radius 3 is 2.58 bits per heavy atom. The SMILES string of the molecule is CC[C@H](C)[C@H](NC(=O)c1ccc(I)cc1Cl)C(=O)O. The summed E-state index contributed by atoms with van der Waals surface area (Å²) in [6.07, 6.45) is 0.664. The molecule has 1 aromatic rings. The van der Waals surface area contributed by atoms with E-state index < -0.39 is 17.9 Å². The van der Waals surface area contributed by atoms with E-state index >= 15 is 0 Å². The molecule has 0 aliphatic heterocycles. The number of benzene rings is 1. The third-order valence-corrected chi connectivity index (χ3v) is 3.93. The van der Waals surface area contributed by atoms with Gasteiger partial charge in [0.15, 0.2) is 0 Å². The fourth-order valence-corrected chi connectivity index (χ4v) is 2.52. The van der Waals surface area contributed by atoms with E-state index in [-0.39, 0.29) is 11.5 Å². The number of hydrogen-bond donors (Lipinski definition) is 2. The Balaban J connectivity index is 2.91. The molecule has 19 heavy (non-hydrogen) atoms. The molecule has 1 rings (SSSR count). The second-order valence-corrected chi connectivity index (χ2v) is 5.95. The van der Waals surface area contributed by atoms with E-state index in [0.717, 1.165) is 3.57 Å². The second kappa shape index (κ2) is 7.09. The van der Waals surface area contributed by atoms with Crippen molar-refractivity contribution in [2.75, 3.05) is 0 Å². The Morgan fingerprint density at radius 2 is 2.11 bits per heavy atom. The fourth-order valence-electron chi connectivity index (χ4n) is 1.58. The molecule has 104 valence electrons. The number of carbonyl (C=O) groups excluding carboxylic acids is 1. The van der Waals surface area contributed by atoms with Gasteiger partial charge in [-0.3, -0.25) is 4.79 Å². The van der Waals surface area contributed by atoms with E-state index in [4.69, 9.17) is 16.7 Å². The molecule has 0 bridgehead atoms. The monoisotopic (exact) mass is 395 g/mol. The van der Waals surface area contributed by atoms with Gasteiger partial charge in [-0.2, -0.15) is 0 Å².